The average molecular weight is 232 g/mol. The molecule has 2 rings (SSSR count). The Morgan fingerprint density at radius 2 is 2.35 bits per heavy atom. The maximum absolute atomic E-state index is 12.2. The molecule has 0 saturated carbocycles. The van der Waals surface area contributed by atoms with Crippen molar-refractivity contribution in [3.8, 4) is 0 Å². The molecular formula is C14H20N2O. The van der Waals surface area contributed by atoms with Gasteiger partial charge in [0.05, 0.1) is 6.42 Å². The second-order valence-electron chi connectivity index (χ2n) is 4.81. The van der Waals surface area contributed by atoms with Crippen LogP contribution in [0.1, 0.15) is 18.1 Å². The molecule has 0 unspecified atom stereocenters. The van der Waals surface area contributed by atoms with Crippen LogP contribution in [0.4, 0.5) is 0 Å². The lowest BCUT2D eigenvalue weighted by Gasteiger charge is -2.34. The van der Waals surface area contributed by atoms with Gasteiger partial charge in [-0.25, -0.2) is 0 Å². The molecule has 0 bridgehead atoms. The summed E-state index contributed by atoms with van der Waals surface area (Å²) in [6.45, 7) is 6.79. The molecule has 0 spiro atoms. The first kappa shape index (κ1) is 12.1. The number of carbonyl (C=O) groups excluding carboxylic acids is 1. The molecule has 17 heavy (non-hydrogen) atoms. The molecule has 1 atom stereocenters. The van der Waals surface area contributed by atoms with Gasteiger partial charge in [-0.05, 0) is 19.4 Å². The molecule has 1 fully saturated rings. The van der Waals surface area contributed by atoms with E-state index in [0.29, 0.717) is 12.5 Å². The van der Waals surface area contributed by atoms with Gasteiger partial charge in [-0.3, -0.25) is 4.79 Å². The monoisotopic (exact) mass is 232 g/mol. The molecule has 3 heteroatoms. The Balaban J connectivity index is 2.01. The van der Waals surface area contributed by atoms with Crippen LogP contribution in [0.25, 0.3) is 0 Å². The van der Waals surface area contributed by atoms with Gasteiger partial charge in [0.1, 0.15) is 0 Å². The number of hydrogen-bond acceptors (Lipinski definition) is 2. The van der Waals surface area contributed by atoms with Gasteiger partial charge in [0.2, 0.25) is 5.91 Å². The number of rotatable bonds is 2. The van der Waals surface area contributed by atoms with E-state index in [1.54, 1.807) is 0 Å². The van der Waals surface area contributed by atoms with Gasteiger partial charge >= 0.3 is 0 Å². The smallest absolute Gasteiger partial charge is 0.227 e. The van der Waals surface area contributed by atoms with Gasteiger partial charge < -0.3 is 10.2 Å². The Bertz CT molecular complexity index is 403. The molecule has 1 N–H and O–H groups in total. The van der Waals surface area contributed by atoms with E-state index in [4.69, 9.17) is 0 Å². The Labute approximate surface area is 103 Å². The van der Waals surface area contributed by atoms with Gasteiger partial charge in [0.15, 0.2) is 0 Å². The summed E-state index contributed by atoms with van der Waals surface area (Å²) >= 11 is 0. The number of piperazine rings is 1. The molecule has 1 heterocycles. The van der Waals surface area contributed by atoms with Crippen molar-refractivity contribution in [1.29, 1.82) is 0 Å². The molecular weight excluding hydrogens is 212 g/mol. The summed E-state index contributed by atoms with van der Waals surface area (Å²) in [5.41, 5.74) is 2.32. The molecule has 1 aliphatic rings. The summed E-state index contributed by atoms with van der Waals surface area (Å²) in [4.78, 5) is 14.2. The molecule has 3 nitrogen and oxygen atoms in total. The fraction of sp³-hybridized carbons (Fsp3) is 0.500. The van der Waals surface area contributed by atoms with Gasteiger partial charge in [-0.2, -0.15) is 0 Å². The van der Waals surface area contributed by atoms with Crippen molar-refractivity contribution in [3.05, 3.63) is 35.4 Å². The van der Waals surface area contributed by atoms with Crippen LogP contribution in [0.5, 0.6) is 0 Å². The summed E-state index contributed by atoms with van der Waals surface area (Å²) in [5.74, 6) is 0.240. The van der Waals surface area contributed by atoms with Gasteiger partial charge in [-0.15, -0.1) is 0 Å². The first-order valence-electron chi connectivity index (χ1n) is 6.22. The minimum atomic E-state index is 0.240. The van der Waals surface area contributed by atoms with Gasteiger partial charge in [0, 0.05) is 25.7 Å². The third-order valence-corrected chi connectivity index (χ3v) is 3.26. The maximum Gasteiger partial charge on any atom is 0.227 e. The van der Waals surface area contributed by atoms with Crippen molar-refractivity contribution in [2.75, 3.05) is 19.6 Å². The third kappa shape index (κ3) is 3.07. The van der Waals surface area contributed by atoms with Crippen LogP contribution in [-0.4, -0.2) is 36.5 Å². The normalized spacial score (nSPS) is 20.4. The Morgan fingerprint density at radius 3 is 3.06 bits per heavy atom. The minimum absolute atomic E-state index is 0.240. The van der Waals surface area contributed by atoms with Crippen molar-refractivity contribution in [2.45, 2.75) is 26.3 Å². The lowest BCUT2D eigenvalue weighted by Crippen LogP contribution is -2.52. The Hall–Kier alpha value is -1.35. The van der Waals surface area contributed by atoms with Gasteiger partial charge in [0.25, 0.3) is 0 Å². The SMILES string of the molecule is Cc1cccc(CC(=O)N2CCNC[C@H]2C)c1. The van der Waals surface area contributed by atoms with Crippen molar-refractivity contribution < 1.29 is 4.79 Å². The highest BCUT2D eigenvalue weighted by Gasteiger charge is 2.22. The largest absolute Gasteiger partial charge is 0.337 e. The number of benzene rings is 1. The van der Waals surface area contributed by atoms with Crippen LogP contribution in [0.15, 0.2) is 24.3 Å². The predicted octanol–water partition coefficient (Wildman–Crippen LogP) is 1.36. The molecule has 1 aromatic carbocycles. The molecule has 0 radical (unpaired) electrons. The standard InChI is InChI=1S/C14H20N2O/c1-11-4-3-5-13(8-11)9-14(17)16-7-6-15-10-12(16)2/h3-5,8,12,15H,6-7,9-10H2,1-2H3/t12-/m1/s1. The summed E-state index contributed by atoms with van der Waals surface area (Å²) in [6, 6.07) is 8.49. The highest BCUT2D eigenvalue weighted by molar-refractivity contribution is 5.79. The maximum atomic E-state index is 12.2. The number of carbonyl (C=O) groups is 1. The summed E-state index contributed by atoms with van der Waals surface area (Å²) < 4.78 is 0. The molecule has 0 aliphatic carbocycles. The highest BCUT2D eigenvalue weighted by Crippen LogP contribution is 2.09. The second-order valence-corrected chi connectivity index (χ2v) is 4.81. The third-order valence-electron chi connectivity index (χ3n) is 3.26. The molecule has 1 saturated heterocycles. The number of hydrogen-bond donors (Lipinski definition) is 1. The Kier molecular flexibility index (Phi) is 3.79. The van der Waals surface area contributed by atoms with E-state index in [1.165, 1.54) is 5.56 Å². The van der Waals surface area contributed by atoms with Crippen LogP contribution in [-0.2, 0) is 11.2 Å². The van der Waals surface area contributed by atoms with Crippen molar-refractivity contribution in [2.24, 2.45) is 0 Å². The van der Waals surface area contributed by atoms with E-state index in [2.05, 4.69) is 31.3 Å². The fourth-order valence-corrected chi connectivity index (χ4v) is 2.31. The Morgan fingerprint density at radius 1 is 1.53 bits per heavy atom. The van der Waals surface area contributed by atoms with E-state index in [1.807, 2.05) is 17.0 Å². The van der Waals surface area contributed by atoms with Gasteiger partial charge in [-0.1, -0.05) is 29.8 Å². The molecule has 1 aliphatic heterocycles. The van der Waals surface area contributed by atoms with Crippen LogP contribution in [0.2, 0.25) is 0 Å². The van der Waals surface area contributed by atoms with E-state index in [-0.39, 0.29) is 5.91 Å². The topological polar surface area (TPSA) is 32.3 Å². The van der Waals surface area contributed by atoms with Crippen LogP contribution in [0, 0.1) is 6.92 Å². The first-order valence-corrected chi connectivity index (χ1v) is 6.22. The van der Waals surface area contributed by atoms with Crippen LogP contribution in [0.3, 0.4) is 0 Å². The minimum Gasteiger partial charge on any atom is -0.337 e. The van der Waals surface area contributed by atoms with E-state index < -0.39 is 0 Å². The second kappa shape index (κ2) is 5.32. The van der Waals surface area contributed by atoms with Crippen molar-refractivity contribution in [3.63, 3.8) is 0 Å². The highest BCUT2D eigenvalue weighted by atomic mass is 16.2. The van der Waals surface area contributed by atoms with E-state index in [0.717, 1.165) is 25.2 Å². The quantitative estimate of drug-likeness (QED) is 0.835. The lowest BCUT2D eigenvalue weighted by atomic mass is 10.1. The predicted molar refractivity (Wildman–Crippen MR) is 68.9 cm³/mol. The number of nitrogens with one attached hydrogen (secondary N) is 1. The number of aryl methyl sites for hydroxylation is 1. The molecule has 92 valence electrons. The van der Waals surface area contributed by atoms with Crippen molar-refractivity contribution in [1.82, 2.24) is 10.2 Å². The number of nitrogens with zero attached hydrogens (tertiary/aromatic N) is 1. The summed E-state index contributed by atoms with van der Waals surface area (Å²) in [6.07, 6.45) is 0.520. The van der Waals surface area contributed by atoms with Crippen LogP contribution < -0.4 is 5.32 Å². The molecule has 1 aromatic rings. The molecule has 1 amide bonds. The zero-order chi connectivity index (χ0) is 12.3. The first-order chi connectivity index (χ1) is 8.16. The fourth-order valence-electron chi connectivity index (χ4n) is 2.31. The number of amides is 1. The molecule has 0 aromatic heterocycles. The van der Waals surface area contributed by atoms with Crippen molar-refractivity contribution >= 4 is 5.91 Å². The average Bonchev–Trinajstić information content (AvgIpc) is 2.29. The summed E-state index contributed by atoms with van der Waals surface area (Å²) in [5, 5.41) is 3.30. The lowest BCUT2D eigenvalue weighted by molar-refractivity contribution is -0.133. The van der Waals surface area contributed by atoms with E-state index >= 15 is 0 Å². The van der Waals surface area contributed by atoms with E-state index in [9.17, 15) is 4.79 Å². The zero-order valence-corrected chi connectivity index (χ0v) is 10.6. The van der Waals surface area contributed by atoms with Crippen LogP contribution >= 0.6 is 0 Å². The summed E-state index contributed by atoms with van der Waals surface area (Å²) in [7, 11) is 0. The zero-order valence-electron chi connectivity index (χ0n) is 10.6.